The molecule has 2 aliphatic heterocycles. The van der Waals surface area contributed by atoms with Crippen molar-refractivity contribution in [1.29, 1.82) is 0 Å². The highest BCUT2D eigenvalue weighted by molar-refractivity contribution is 7.98. The molecular formula is C10H17NO2S. The summed E-state index contributed by atoms with van der Waals surface area (Å²) >= 11 is 1.84. The van der Waals surface area contributed by atoms with Gasteiger partial charge in [0.25, 0.3) is 0 Å². The SMILES string of the molecule is CSCCN1C2CCC1C(C(=O)O)C2. The van der Waals surface area contributed by atoms with Crippen molar-refractivity contribution in [1.82, 2.24) is 4.90 Å². The van der Waals surface area contributed by atoms with E-state index in [0.717, 1.165) is 25.1 Å². The zero-order valence-corrected chi connectivity index (χ0v) is 9.30. The van der Waals surface area contributed by atoms with Gasteiger partial charge in [-0.05, 0) is 25.5 Å². The van der Waals surface area contributed by atoms with Crippen molar-refractivity contribution in [2.45, 2.75) is 31.3 Å². The molecule has 0 amide bonds. The third-order valence-corrected chi connectivity index (χ3v) is 4.14. The van der Waals surface area contributed by atoms with Crippen molar-refractivity contribution in [2.75, 3.05) is 18.6 Å². The van der Waals surface area contributed by atoms with Crippen LogP contribution >= 0.6 is 11.8 Å². The molecule has 2 heterocycles. The van der Waals surface area contributed by atoms with Gasteiger partial charge in [0, 0.05) is 24.4 Å². The second kappa shape index (κ2) is 4.11. The van der Waals surface area contributed by atoms with Crippen LogP contribution in [0.25, 0.3) is 0 Å². The molecule has 0 aromatic carbocycles. The van der Waals surface area contributed by atoms with Crippen LogP contribution in [0.5, 0.6) is 0 Å². The zero-order valence-electron chi connectivity index (χ0n) is 8.48. The minimum Gasteiger partial charge on any atom is -0.481 e. The number of carbonyl (C=O) groups is 1. The van der Waals surface area contributed by atoms with Gasteiger partial charge in [0.2, 0.25) is 0 Å². The van der Waals surface area contributed by atoms with Crippen LogP contribution in [0.4, 0.5) is 0 Å². The third-order valence-electron chi connectivity index (χ3n) is 3.55. The average molecular weight is 215 g/mol. The van der Waals surface area contributed by atoms with E-state index in [1.807, 2.05) is 11.8 Å². The molecule has 2 saturated heterocycles. The van der Waals surface area contributed by atoms with E-state index in [2.05, 4.69) is 11.2 Å². The van der Waals surface area contributed by atoms with Crippen LogP contribution in [0.15, 0.2) is 0 Å². The molecule has 3 nitrogen and oxygen atoms in total. The Labute approximate surface area is 88.9 Å². The van der Waals surface area contributed by atoms with Crippen molar-refractivity contribution < 1.29 is 9.90 Å². The topological polar surface area (TPSA) is 40.5 Å². The molecule has 0 saturated carbocycles. The normalized spacial score (nSPS) is 36.5. The van der Waals surface area contributed by atoms with Gasteiger partial charge in [0.05, 0.1) is 5.92 Å². The van der Waals surface area contributed by atoms with Gasteiger partial charge in [-0.1, -0.05) is 0 Å². The maximum atomic E-state index is 11.0. The molecule has 14 heavy (non-hydrogen) atoms. The number of carboxylic acids is 1. The summed E-state index contributed by atoms with van der Waals surface area (Å²) in [5.74, 6) is 0.446. The van der Waals surface area contributed by atoms with Gasteiger partial charge < -0.3 is 5.11 Å². The lowest BCUT2D eigenvalue weighted by atomic mass is 9.89. The van der Waals surface area contributed by atoms with E-state index in [1.54, 1.807) is 0 Å². The van der Waals surface area contributed by atoms with Crippen molar-refractivity contribution in [3.05, 3.63) is 0 Å². The summed E-state index contributed by atoms with van der Waals surface area (Å²) in [6, 6.07) is 0.901. The summed E-state index contributed by atoms with van der Waals surface area (Å²) < 4.78 is 0. The van der Waals surface area contributed by atoms with Gasteiger partial charge in [-0.15, -0.1) is 0 Å². The predicted octanol–water partition coefficient (Wildman–Crippen LogP) is 1.29. The fourth-order valence-corrected chi connectivity index (χ4v) is 3.31. The summed E-state index contributed by atoms with van der Waals surface area (Å²) in [6.45, 7) is 1.07. The van der Waals surface area contributed by atoms with Crippen molar-refractivity contribution in [2.24, 2.45) is 5.92 Å². The van der Waals surface area contributed by atoms with Crippen LogP contribution < -0.4 is 0 Å². The Morgan fingerprint density at radius 3 is 2.93 bits per heavy atom. The van der Waals surface area contributed by atoms with Gasteiger partial charge in [-0.25, -0.2) is 0 Å². The van der Waals surface area contributed by atoms with Crippen LogP contribution in [-0.4, -0.2) is 46.6 Å². The third kappa shape index (κ3) is 1.65. The van der Waals surface area contributed by atoms with E-state index < -0.39 is 5.97 Å². The monoisotopic (exact) mass is 215 g/mol. The molecule has 80 valence electrons. The number of carboxylic acid groups (broad SMARTS) is 1. The summed E-state index contributed by atoms with van der Waals surface area (Å²) in [5, 5.41) is 9.05. The summed E-state index contributed by atoms with van der Waals surface area (Å²) in [5.41, 5.74) is 0. The molecule has 2 aliphatic rings. The lowest BCUT2D eigenvalue weighted by molar-refractivity contribution is -0.142. The van der Waals surface area contributed by atoms with Crippen LogP contribution in [0, 0.1) is 5.92 Å². The zero-order chi connectivity index (χ0) is 10.1. The maximum absolute atomic E-state index is 11.0. The fraction of sp³-hybridized carbons (Fsp3) is 0.900. The first-order valence-electron chi connectivity index (χ1n) is 5.21. The van der Waals surface area contributed by atoms with E-state index in [-0.39, 0.29) is 5.92 Å². The largest absolute Gasteiger partial charge is 0.481 e. The molecular weight excluding hydrogens is 198 g/mol. The Balaban J connectivity index is 1.97. The average Bonchev–Trinajstić information content (AvgIpc) is 2.71. The van der Waals surface area contributed by atoms with E-state index in [0.29, 0.717) is 12.1 Å². The van der Waals surface area contributed by atoms with Gasteiger partial charge in [0.15, 0.2) is 0 Å². The summed E-state index contributed by atoms with van der Waals surface area (Å²) in [4.78, 5) is 13.4. The Hall–Kier alpha value is -0.220. The van der Waals surface area contributed by atoms with Crippen LogP contribution in [0.1, 0.15) is 19.3 Å². The molecule has 0 radical (unpaired) electrons. The second-order valence-corrected chi connectivity index (χ2v) is 5.20. The van der Waals surface area contributed by atoms with Crippen LogP contribution in [0.2, 0.25) is 0 Å². The smallest absolute Gasteiger partial charge is 0.308 e. The Morgan fingerprint density at radius 2 is 2.36 bits per heavy atom. The second-order valence-electron chi connectivity index (χ2n) is 4.21. The number of aliphatic carboxylic acids is 1. The number of thioether (sulfide) groups is 1. The van der Waals surface area contributed by atoms with Gasteiger partial charge in [-0.3, -0.25) is 9.69 Å². The summed E-state index contributed by atoms with van der Waals surface area (Å²) in [6.07, 6.45) is 5.29. The molecule has 3 unspecified atom stereocenters. The number of fused-ring (bicyclic) bond motifs is 2. The molecule has 1 N–H and O–H groups in total. The summed E-state index contributed by atoms with van der Waals surface area (Å²) in [7, 11) is 0. The first-order valence-corrected chi connectivity index (χ1v) is 6.61. The molecule has 0 aromatic rings. The highest BCUT2D eigenvalue weighted by Crippen LogP contribution is 2.41. The number of hydrogen-bond acceptors (Lipinski definition) is 3. The van der Waals surface area contributed by atoms with E-state index in [1.165, 1.54) is 6.42 Å². The van der Waals surface area contributed by atoms with Crippen LogP contribution in [0.3, 0.4) is 0 Å². The Kier molecular flexibility index (Phi) is 3.02. The van der Waals surface area contributed by atoms with Gasteiger partial charge >= 0.3 is 5.97 Å². The number of hydrogen-bond donors (Lipinski definition) is 1. The lowest BCUT2D eigenvalue weighted by Gasteiger charge is -2.21. The minimum absolute atomic E-state index is 0.0874. The molecule has 0 spiro atoms. The molecule has 2 fully saturated rings. The van der Waals surface area contributed by atoms with E-state index >= 15 is 0 Å². The minimum atomic E-state index is -0.591. The molecule has 4 heteroatoms. The highest BCUT2D eigenvalue weighted by atomic mass is 32.2. The van der Waals surface area contributed by atoms with E-state index in [9.17, 15) is 4.79 Å². The van der Waals surface area contributed by atoms with Crippen molar-refractivity contribution in [3.8, 4) is 0 Å². The molecule has 2 bridgehead atoms. The molecule has 3 atom stereocenters. The first-order chi connectivity index (χ1) is 6.74. The van der Waals surface area contributed by atoms with Gasteiger partial charge in [0.1, 0.15) is 0 Å². The molecule has 0 aromatic heterocycles. The Morgan fingerprint density at radius 1 is 1.57 bits per heavy atom. The van der Waals surface area contributed by atoms with E-state index in [4.69, 9.17) is 5.11 Å². The standard InChI is InChI=1S/C10H17NO2S/c1-14-5-4-11-7-2-3-9(11)8(6-7)10(12)13/h7-9H,2-6H2,1H3,(H,12,13). The van der Waals surface area contributed by atoms with Crippen molar-refractivity contribution >= 4 is 17.7 Å². The maximum Gasteiger partial charge on any atom is 0.308 e. The fourth-order valence-electron chi connectivity index (χ4n) is 2.91. The quantitative estimate of drug-likeness (QED) is 0.767. The lowest BCUT2D eigenvalue weighted by Crippen LogP contribution is -2.34. The highest BCUT2D eigenvalue weighted by Gasteiger charge is 2.48. The predicted molar refractivity (Wildman–Crippen MR) is 57.6 cm³/mol. The number of rotatable bonds is 4. The molecule has 0 aliphatic carbocycles. The first kappa shape index (κ1) is 10.3. The van der Waals surface area contributed by atoms with Crippen molar-refractivity contribution in [3.63, 3.8) is 0 Å². The Bertz CT molecular complexity index is 234. The molecule has 2 rings (SSSR count). The number of nitrogens with zero attached hydrogens (tertiary/aromatic N) is 1. The van der Waals surface area contributed by atoms with Gasteiger partial charge in [-0.2, -0.15) is 11.8 Å². The van der Waals surface area contributed by atoms with Crippen LogP contribution in [-0.2, 0) is 4.79 Å².